The van der Waals surface area contributed by atoms with E-state index >= 15 is 0 Å². The van der Waals surface area contributed by atoms with Crippen LogP contribution in [0.25, 0.3) is 16.9 Å². The standard InChI is InChI=1S/C32H36N8O2/c1-3-14-39-30(42)25-15-33-31(34-23-5-7-24(8-6-23)38-18-21-16-37(2)17-22(21)19-38)36-29(25)40(39)26-9-4-20-10-11-32(12-13-32)28(41)27(20)35-26/h3-9,15,21-22,28,41H,1,10-14,16-19H2,2H3,(H,33,34,36)/t21-,22+,28-/m1/s1/i28D. The molecule has 10 heteroatoms. The smallest absolute Gasteiger partial charge is 0.278 e. The van der Waals surface area contributed by atoms with E-state index < -0.39 is 11.5 Å². The van der Waals surface area contributed by atoms with Crippen molar-refractivity contribution in [1.29, 1.82) is 0 Å². The Balaban J connectivity index is 1.12. The van der Waals surface area contributed by atoms with Gasteiger partial charge < -0.3 is 20.2 Å². The molecule has 10 nitrogen and oxygen atoms in total. The summed E-state index contributed by atoms with van der Waals surface area (Å²) >= 11 is 0. The zero-order chi connectivity index (χ0) is 29.5. The number of fused-ring (bicyclic) bond motifs is 3. The molecule has 2 saturated heterocycles. The van der Waals surface area contributed by atoms with Crippen LogP contribution in [-0.2, 0) is 13.0 Å². The molecule has 216 valence electrons. The van der Waals surface area contributed by atoms with E-state index in [2.05, 4.69) is 45.9 Å². The maximum absolute atomic E-state index is 13.4. The third-order valence-electron chi connectivity index (χ3n) is 9.77. The first-order chi connectivity index (χ1) is 20.8. The molecule has 0 unspecified atom stereocenters. The van der Waals surface area contributed by atoms with Gasteiger partial charge in [0.2, 0.25) is 5.95 Å². The number of hydrogen-bond donors (Lipinski definition) is 2. The molecule has 1 aromatic carbocycles. The summed E-state index contributed by atoms with van der Waals surface area (Å²) in [5.74, 6) is 2.26. The SMILES string of the molecule is [2H][C@@]1(O)c2nc(-n3c4nc(Nc5ccc(N6C[C@H]7CN(C)C[C@H]7C6)cc5)ncc4c(=O)n3CC=C)ccc2CCC12CC2. The van der Waals surface area contributed by atoms with Gasteiger partial charge in [0, 0.05) is 49.2 Å². The van der Waals surface area contributed by atoms with Crippen molar-refractivity contribution >= 4 is 28.4 Å². The number of pyridine rings is 1. The van der Waals surface area contributed by atoms with Gasteiger partial charge in [0.15, 0.2) is 11.5 Å². The lowest BCUT2D eigenvalue weighted by atomic mass is 9.82. The van der Waals surface area contributed by atoms with E-state index in [4.69, 9.17) is 11.3 Å². The molecule has 0 amide bonds. The Kier molecular flexibility index (Phi) is 5.56. The molecule has 4 aromatic rings. The topological polar surface area (TPSA) is 104 Å². The van der Waals surface area contributed by atoms with Gasteiger partial charge in [-0.1, -0.05) is 12.1 Å². The van der Waals surface area contributed by atoms with Crippen LogP contribution in [0.4, 0.5) is 17.3 Å². The molecule has 3 atom stereocenters. The summed E-state index contributed by atoms with van der Waals surface area (Å²) in [5.41, 5.74) is 3.02. The van der Waals surface area contributed by atoms with E-state index in [0.29, 0.717) is 28.5 Å². The molecule has 2 aliphatic carbocycles. The minimum Gasteiger partial charge on any atom is -0.386 e. The van der Waals surface area contributed by atoms with Gasteiger partial charge in [-0.15, -0.1) is 6.58 Å². The lowest BCUT2D eigenvalue weighted by Gasteiger charge is -2.29. The van der Waals surface area contributed by atoms with E-state index in [1.54, 1.807) is 10.8 Å². The molecule has 1 spiro atoms. The van der Waals surface area contributed by atoms with Gasteiger partial charge in [0.25, 0.3) is 5.56 Å². The summed E-state index contributed by atoms with van der Waals surface area (Å²) in [4.78, 5) is 32.4. The maximum Gasteiger partial charge on any atom is 0.278 e. The molecule has 0 bridgehead atoms. The molecule has 8 rings (SSSR count). The first-order valence-corrected chi connectivity index (χ1v) is 14.9. The molecule has 2 N–H and O–H groups in total. The molecule has 3 fully saturated rings. The predicted molar refractivity (Wildman–Crippen MR) is 162 cm³/mol. The lowest BCUT2D eigenvalue weighted by molar-refractivity contribution is 0.0734. The molecule has 4 aliphatic rings. The van der Waals surface area contributed by atoms with Crippen molar-refractivity contribution in [1.82, 2.24) is 29.2 Å². The first-order valence-electron chi connectivity index (χ1n) is 15.4. The number of anilines is 3. The van der Waals surface area contributed by atoms with Gasteiger partial charge in [0.1, 0.15) is 11.5 Å². The molecule has 0 radical (unpaired) electrons. The Morgan fingerprint density at radius 3 is 2.57 bits per heavy atom. The third-order valence-corrected chi connectivity index (χ3v) is 9.77. The van der Waals surface area contributed by atoms with Crippen LogP contribution in [-0.4, -0.2) is 67.5 Å². The number of nitrogens with zero attached hydrogens (tertiary/aromatic N) is 7. The van der Waals surface area contributed by atoms with Gasteiger partial charge >= 0.3 is 0 Å². The van der Waals surface area contributed by atoms with Crippen molar-refractivity contribution in [3.8, 4) is 5.82 Å². The zero-order valence-electron chi connectivity index (χ0n) is 24.8. The summed E-state index contributed by atoms with van der Waals surface area (Å²) in [6, 6.07) is 12.1. The van der Waals surface area contributed by atoms with Crippen molar-refractivity contribution in [2.75, 3.05) is 43.4 Å². The monoisotopic (exact) mass is 565 g/mol. The van der Waals surface area contributed by atoms with Crippen LogP contribution in [0.5, 0.6) is 0 Å². The van der Waals surface area contributed by atoms with Crippen LogP contribution in [0.3, 0.4) is 0 Å². The molecule has 3 aromatic heterocycles. The second kappa shape index (κ2) is 9.50. The highest BCUT2D eigenvalue weighted by Gasteiger charge is 2.52. The van der Waals surface area contributed by atoms with E-state index in [-0.39, 0.29) is 12.1 Å². The van der Waals surface area contributed by atoms with Crippen molar-refractivity contribution in [2.24, 2.45) is 17.3 Å². The van der Waals surface area contributed by atoms with Gasteiger partial charge in [-0.25, -0.2) is 19.3 Å². The highest BCUT2D eigenvalue weighted by molar-refractivity contribution is 5.77. The number of aromatic nitrogens is 5. The minimum absolute atomic E-state index is 0.238. The number of rotatable bonds is 6. The van der Waals surface area contributed by atoms with Crippen LogP contribution in [0.1, 0.15) is 38.0 Å². The predicted octanol–water partition coefficient (Wildman–Crippen LogP) is 3.66. The number of nitrogens with one attached hydrogen (secondary N) is 1. The van der Waals surface area contributed by atoms with Crippen LogP contribution in [0.15, 0.2) is 60.0 Å². The van der Waals surface area contributed by atoms with Crippen molar-refractivity contribution in [3.63, 3.8) is 0 Å². The van der Waals surface area contributed by atoms with E-state index in [9.17, 15) is 9.90 Å². The molecule has 42 heavy (non-hydrogen) atoms. The number of aryl methyl sites for hydroxylation is 1. The Morgan fingerprint density at radius 2 is 1.86 bits per heavy atom. The summed E-state index contributed by atoms with van der Waals surface area (Å²) in [6.45, 7) is 8.60. The Hall–Kier alpha value is -4.02. The van der Waals surface area contributed by atoms with Crippen LogP contribution >= 0.6 is 0 Å². The van der Waals surface area contributed by atoms with Gasteiger partial charge in [-0.2, -0.15) is 4.98 Å². The molecular formula is C32H36N8O2. The fraction of sp³-hybridized carbons (Fsp3) is 0.438. The number of benzene rings is 1. The van der Waals surface area contributed by atoms with Gasteiger partial charge in [-0.3, -0.25) is 4.79 Å². The average Bonchev–Trinajstić information content (AvgIpc) is 3.47. The quantitative estimate of drug-likeness (QED) is 0.342. The lowest BCUT2D eigenvalue weighted by Crippen LogP contribution is -2.26. The molecule has 5 heterocycles. The zero-order valence-corrected chi connectivity index (χ0v) is 23.8. The van der Waals surface area contributed by atoms with E-state index in [0.717, 1.165) is 61.9 Å². The Morgan fingerprint density at radius 1 is 1.10 bits per heavy atom. The summed E-state index contributed by atoms with van der Waals surface area (Å²) in [7, 11) is 2.21. The first kappa shape index (κ1) is 24.6. The fourth-order valence-corrected chi connectivity index (χ4v) is 7.32. The maximum atomic E-state index is 13.4. The van der Waals surface area contributed by atoms with Gasteiger partial charge in [-0.05, 0) is 80.5 Å². The number of allylic oxidation sites excluding steroid dienone is 1. The molecule has 2 aliphatic heterocycles. The third kappa shape index (κ3) is 4.07. The molecule has 1 saturated carbocycles. The van der Waals surface area contributed by atoms with Crippen molar-refractivity contribution in [2.45, 2.75) is 38.3 Å². The second-order valence-corrected chi connectivity index (χ2v) is 12.5. The van der Waals surface area contributed by atoms with E-state index in [1.807, 2.05) is 24.3 Å². The van der Waals surface area contributed by atoms with Crippen molar-refractivity contribution in [3.05, 3.63) is 76.9 Å². The summed E-state index contributed by atoms with van der Waals surface area (Å²) in [6.07, 6.45) is 4.64. The van der Waals surface area contributed by atoms with Crippen LogP contribution in [0.2, 0.25) is 0 Å². The minimum atomic E-state index is -1.76. The number of aliphatic hydroxyl groups is 1. The molecular weight excluding hydrogens is 528 g/mol. The van der Waals surface area contributed by atoms with Crippen LogP contribution in [0, 0.1) is 17.3 Å². The average molecular weight is 566 g/mol. The van der Waals surface area contributed by atoms with Crippen LogP contribution < -0.4 is 15.8 Å². The normalized spacial score (nSPS) is 26.3. The largest absolute Gasteiger partial charge is 0.386 e. The highest BCUT2D eigenvalue weighted by atomic mass is 16.3. The summed E-state index contributed by atoms with van der Waals surface area (Å²) in [5, 5.41) is 15.0. The van der Waals surface area contributed by atoms with E-state index in [1.165, 1.54) is 29.7 Å². The summed E-state index contributed by atoms with van der Waals surface area (Å²) < 4.78 is 12.0. The van der Waals surface area contributed by atoms with Gasteiger partial charge in [0.05, 0.1) is 13.6 Å². The fourth-order valence-electron chi connectivity index (χ4n) is 7.32. The second-order valence-electron chi connectivity index (χ2n) is 12.5. The number of hydrogen-bond acceptors (Lipinski definition) is 8. The van der Waals surface area contributed by atoms with Crippen molar-refractivity contribution < 1.29 is 6.48 Å². The number of likely N-dealkylation sites (tertiary alicyclic amines) is 1. The Bertz CT molecular complexity index is 1790. The highest BCUT2D eigenvalue weighted by Crippen LogP contribution is 2.60. The Labute approximate surface area is 245 Å².